The molecule has 1 N–H and O–H groups in total. The maximum atomic E-state index is 6.02. The van der Waals surface area contributed by atoms with Gasteiger partial charge in [0, 0.05) is 26.6 Å². The summed E-state index contributed by atoms with van der Waals surface area (Å²) in [5.74, 6) is 0. The molecular formula is C16H16Br2ClN. The Morgan fingerprint density at radius 1 is 1.10 bits per heavy atom. The molecule has 0 amide bonds. The fourth-order valence-electron chi connectivity index (χ4n) is 2.01. The molecule has 0 aromatic heterocycles. The van der Waals surface area contributed by atoms with Gasteiger partial charge in [-0.25, -0.2) is 0 Å². The second-order valence-electron chi connectivity index (χ2n) is 4.85. The highest BCUT2D eigenvalue weighted by molar-refractivity contribution is 9.10. The molecule has 2 rings (SSSR count). The minimum Gasteiger partial charge on any atom is -0.310 e. The van der Waals surface area contributed by atoms with Gasteiger partial charge in [0.05, 0.1) is 0 Å². The lowest BCUT2D eigenvalue weighted by Crippen LogP contribution is -2.27. The van der Waals surface area contributed by atoms with E-state index in [0.29, 0.717) is 6.04 Å². The second-order valence-corrected chi connectivity index (χ2v) is 7.05. The number of nitrogens with one attached hydrogen (secondary N) is 1. The average molecular weight is 418 g/mol. The molecule has 0 bridgehead atoms. The van der Waals surface area contributed by atoms with E-state index in [-0.39, 0.29) is 0 Å². The van der Waals surface area contributed by atoms with Crippen LogP contribution in [0.25, 0.3) is 0 Å². The fraction of sp³-hybridized carbons (Fsp3) is 0.250. The molecule has 4 heteroatoms. The van der Waals surface area contributed by atoms with Crippen LogP contribution in [-0.2, 0) is 13.0 Å². The van der Waals surface area contributed by atoms with Crippen LogP contribution in [0.15, 0.2) is 51.4 Å². The van der Waals surface area contributed by atoms with Crippen LogP contribution < -0.4 is 5.32 Å². The first kappa shape index (κ1) is 16.0. The number of benzene rings is 2. The predicted octanol–water partition coefficient (Wildman–Crippen LogP) is 5.59. The van der Waals surface area contributed by atoms with E-state index in [1.807, 2.05) is 18.2 Å². The standard InChI is InChI=1S/C16H16Br2ClN/c1-11(8-12-2-4-14(17)5-3-12)20-10-13-9-15(19)6-7-16(13)18/h2-7,9,11,20H,8,10H2,1H3. The maximum absolute atomic E-state index is 6.02. The van der Waals surface area contributed by atoms with Gasteiger partial charge >= 0.3 is 0 Å². The second kappa shape index (κ2) is 7.60. The predicted molar refractivity (Wildman–Crippen MR) is 93.3 cm³/mol. The summed E-state index contributed by atoms with van der Waals surface area (Å²) in [4.78, 5) is 0. The minimum absolute atomic E-state index is 0.405. The first-order valence-corrected chi connectivity index (χ1v) is 8.43. The van der Waals surface area contributed by atoms with E-state index in [4.69, 9.17) is 11.6 Å². The van der Waals surface area contributed by atoms with Gasteiger partial charge in [-0.1, -0.05) is 55.6 Å². The molecule has 1 nitrogen and oxygen atoms in total. The van der Waals surface area contributed by atoms with Crippen molar-refractivity contribution in [3.8, 4) is 0 Å². The van der Waals surface area contributed by atoms with E-state index in [1.165, 1.54) is 11.1 Å². The monoisotopic (exact) mass is 415 g/mol. The summed E-state index contributed by atoms with van der Waals surface area (Å²) in [6, 6.07) is 14.7. The molecule has 0 heterocycles. The highest BCUT2D eigenvalue weighted by Crippen LogP contribution is 2.21. The van der Waals surface area contributed by atoms with Crippen molar-refractivity contribution < 1.29 is 0 Å². The van der Waals surface area contributed by atoms with Crippen LogP contribution in [0, 0.1) is 0 Å². The largest absolute Gasteiger partial charge is 0.310 e. The van der Waals surface area contributed by atoms with Crippen molar-refractivity contribution in [1.29, 1.82) is 0 Å². The third-order valence-corrected chi connectivity index (χ3v) is 4.64. The molecule has 0 spiro atoms. The number of halogens is 3. The Kier molecular flexibility index (Phi) is 6.09. The molecule has 2 aromatic rings. The Labute approximate surface area is 142 Å². The Morgan fingerprint density at radius 3 is 2.50 bits per heavy atom. The van der Waals surface area contributed by atoms with Crippen LogP contribution in [0.1, 0.15) is 18.1 Å². The summed E-state index contributed by atoms with van der Waals surface area (Å²) in [7, 11) is 0. The SMILES string of the molecule is CC(Cc1ccc(Br)cc1)NCc1cc(Cl)ccc1Br. The molecule has 1 atom stereocenters. The van der Waals surface area contributed by atoms with E-state index >= 15 is 0 Å². The van der Waals surface area contributed by atoms with Crippen LogP contribution in [0.5, 0.6) is 0 Å². The minimum atomic E-state index is 0.405. The Morgan fingerprint density at radius 2 is 1.80 bits per heavy atom. The van der Waals surface area contributed by atoms with Crippen LogP contribution >= 0.6 is 43.5 Å². The molecule has 0 aliphatic carbocycles. The fourth-order valence-corrected chi connectivity index (χ4v) is 2.86. The molecule has 0 fully saturated rings. The topological polar surface area (TPSA) is 12.0 Å². The lowest BCUT2D eigenvalue weighted by atomic mass is 10.1. The van der Waals surface area contributed by atoms with Gasteiger partial charge in [0.15, 0.2) is 0 Å². The third-order valence-electron chi connectivity index (χ3n) is 3.10. The molecular weight excluding hydrogens is 401 g/mol. The quantitative estimate of drug-likeness (QED) is 0.669. The molecule has 20 heavy (non-hydrogen) atoms. The zero-order valence-electron chi connectivity index (χ0n) is 11.2. The Hall–Kier alpha value is -0.350. The molecule has 106 valence electrons. The van der Waals surface area contributed by atoms with Crippen LogP contribution in [-0.4, -0.2) is 6.04 Å². The molecule has 0 saturated carbocycles. The average Bonchev–Trinajstić information content (AvgIpc) is 2.42. The first-order chi connectivity index (χ1) is 9.54. The number of hydrogen-bond donors (Lipinski definition) is 1. The van der Waals surface area contributed by atoms with Crippen molar-refractivity contribution in [2.75, 3.05) is 0 Å². The molecule has 0 radical (unpaired) electrons. The van der Waals surface area contributed by atoms with Crippen LogP contribution in [0.3, 0.4) is 0 Å². The summed E-state index contributed by atoms with van der Waals surface area (Å²) in [5.41, 5.74) is 2.51. The van der Waals surface area contributed by atoms with Gasteiger partial charge in [0.1, 0.15) is 0 Å². The molecule has 0 aliphatic heterocycles. The van der Waals surface area contributed by atoms with Crippen molar-refractivity contribution in [3.63, 3.8) is 0 Å². The highest BCUT2D eigenvalue weighted by atomic mass is 79.9. The molecule has 0 saturated heterocycles. The van der Waals surface area contributed by atoms with Crippen molar-refractivity contribution in [1.82, 2.24) is 5.32 Å². The summed E-state index contributed by atoms with van der Waals surface area (Å²) in [5, 5.41) is 4.30. The maximum Gasteiger partial charge on any atom is 0.0410 e. The van der Waals surface area contributed by atoms with Gasteiger partial charge in [0.25, 0.3) is 0 Å². The van der Waals surface area contributed by atoms with Crippen LogP contribution in [0.2, 0.25) is 5.02 Å². The van der Waals surface area contributed by atoms with Gasteiger partial charge in [-0.2, -0.15) is 0 Å². The van der Waals surface area contributed by atoms with E-state index in [0.717, 1.165) is 26.9 Å². The van der Waals surface area contributed by atoms with Crippen molar-refractivity contribution in [2.45, 2.75) is 25.9 Å². The zero-order chi connectivity index (χ0) is 14.5. The van der Waals surface area contributed by atoms with E-state index < -0.39 is 0 Å². The first-order valence-electron chi connectivity index (χ1n) is 6.46. The summed E-state index contributed by atoms with van der Waals surface area (Å²) < 4.78 is 2.20. The normalized spacial score (nSPS) is 12.4. The van der Waals surface area contributed by atoms with Crippen molar-refractivity contribution >= 4 is 43.5 Å². The van der Waals surface area contributed by atoms with Gasteiger partial charge in [-0.05, 0) is 54.8 Å². The van der Waals surface area contributed by atoms with Gasteiger partial charge in [-0.15, -0.1) is 0 Å². The van der Waals surface area contributed by atoms with E-state index in [2.05, 4.69) is 68.4 Å². The van der Waals surface area contributed by atoms with Crippen molar-refractivity contribution in [2.24, 2.45) is 0 Å². The lowest BCUT2D eigenvalue weighted by Gasteiger charge is -2.15. The van der Waals surface area contributed by atoms with Gasteiger partial charge in [-0.3, -0.25) is 0 Å². The Bertz CT molecular complexity index is 569. The summed E-state index contributed by atoms with van der Waals surface area (Å²) in [6.07, 6.45) is 1.01. The number of rotatable bonds is 5. The molecule has 0 aliphatic rings. The van der Waals surface area contributed by atoms with E-state index in [9.17, 15) is 0 Å². The highest BCUT2D eigenvalue weighted by Gasteiger charge is 2.06. The zero-order valence-corrected chi connectivity index (χ0v) is 15.1. The smallest absolute Gasteiger partial charge is 0.0410 e. The molecule has 1 unspecified atom stereocenters. The van der Waals surface area contributed by atoms with Crippen LogP contribution in [0.4, 0.5) is 0 Å². The van der Waals surface area contributed by atoms with E-state index in [1.54, 1.807) is 0 Å². The van der Waals surface area contributed by atoms with Gasteiger partial charge in [0.2, 0.25) is 0 Å². The lowest BCUT2D eigenvalue weighted by molar-refractivity contribution is 0.544. The summed E-state index contributed by atoms with van der Waals surface area (Å²) >= 11 is 13.0. The third kappa shape index (κ3) is 4.88. The van der Waals surface area contributed by atoms with Crippen molar-refractivity contribution in [3.05, 3.63) is 67.6 Å². The van der Waals surface area contributed by atoms with Gasteiger partial charge < -0.3 is 5.32 Å². The number of hydrogen-bond acceptors (Lipinski definition) is 1. The molecule has 2 aromatic carbocycles. The Balaban J connectivity index is 1.90. The summed E-state index contributed by atoms with van der Waals surface area (Å²) in [6.45, 7) is 3.00.